The van der Waals surface area contributed by atoms with Gasteiger partial charge in [0, 0.05) is 21.0 Å². The average molecular weight is 339 g/mol. The zero-order valence-electron chi connectivity index (χ0n) is 12.3. The molecular weight excluding hydrogens is 316 g/mol. The van der Waals surface area contributed by atoms with Gasteiger partial charge in [0.15, 0.2) is 0 Å². The fraction of sp³-hybridized carbons (Fsp3) is 0.647. The van der Waals surface area contributed by atoms with Crippen molar-refractivity contribution in [3.63, 3.8) is 0 Å². The maximum absolute atomic E-state index is 10.8. The first-order valence-electron chi connectivity index (χ1n) is 7.64. The standard InChI is InChI=1S/C17H23BrO2/c1-17(2)10-20-16-13(8-12(18)9-14(16)17)15(19)11-6-4-3-5-7-11/h8-9,11,15,19H,3-7,10H2,1-2H3. The molecule has 1 atom stereocenters. The number of benzene rings is 1. The molecule has 0 saturated heterocycles. The maximum Gasteiger partial charge on any atom is 0.129 e. The highest BCUT2D eigenvalue weighted by Gasteiger charge is 2.36. The number of aliphatic hydroxyl groups excluding tert-OH is 1. The Morgan fingerprint density at radius 3 is 2.65 bits per heavy atom. The van der Waals surface area contributed by atoms with Crippen LogP contribution in [0.25, 0.3) is 0 Å². The van der Waals surface area contributed by atoms with Gasteiger partial charge in [-0.05, 0) is 30.9 Å². The summed E-state index contributed by atoms with van der Waals surface area (Å²) in [6, 6.07) is 4.18. The Kier molecular flexibility index (Phi) is 3.85. The molecular formula is C17H23BrO2. The highest BCUT2D eigenvalue weighted by molar-refractivity contribution is 9.10. The van der Waals surface area contributed by atoms with Crippen molar-refractivity contribution in [1.29, 1.82) is 0 Å². The summed E-state index contributed by atoms with van der Waals surface area (Å²) in [6.07, 6.45) is 5.66. The summed E-state index contributed by atoms with van der Waals surface area (Å²) in [4.78, 5) is 0. The third-order valence-electron chi connectivity index (χ3n) is 4.80. The van der Waals surface area contributed by atoms with Crippen LogP contribution in [0, 0.1) is 5.92 Å². The van der Waals surface area contributed by atoms with Crippen molar-refractivity contribution in [3.05, 3.63) is 27.7 Å². The van der Waals surface area contributed by atoms with Gasteiger partial charge in [0.25, 0.3) is 0 Å². The van der Waals surface area contributed by atoms with Gasteiger partial charge in [0.1, 0.15) is 5.75 Å². The molecule has 0 radical (unpaired) electrons. The van der Waals surface area contributed by atoms with E-state index in [1.807, 2.05) is 6.07 Å². The summed E-state index contributed by atoms with van der Waals surface area (Å²) in [5, 5.41) is 10.8. The molecule has 110 valence electrons. The van der Waals surface area contributed by atoms with Crippen LogP contribution in [-0.2, 0) is 5.41 Å². The minimum atomic E-state index is -0.393. The largest absolute Gasteiger partial charge is 0.492 e. The third kappa shape index (κ3) is 2.50. The molecule has 1 aliphatic carbocycles. The second-order valence-corrected chi connectivity index (χ2v) is 7.80. The third-order valence-corrected chi connectivity index (χ3v) is 5.26. The van der Waals surface area contributed by atoms with Crippen LogP contribution in [0.5, 0.6) is 5.75 Å². The second kappa shape index (κ2) is 5.34. The Morgan fingerprint density at radius 2 is 1.95 bits per heavy atom. The molecule has 20 heavy (non-hydrogen) atoms. The normalized spacial score (nSPS) is 23.2. The van der Waals surface area contributed by atoms with Crippen LogP contribution in [-0.4, -0.2) is 11.7 Å². The van der Waals surface area contributed by atoms with Gasteiger partial charge >= 0.3 is 0 Å². The van der Waals surface area contributed by atoms with Crippen LogP contribution < -0.4 is 4.74 Å². The number of fused-ring (bicyclic) bond motifs is 1. The lowest BCUT2D eigenvalue weighted by molar-refractivity contribution is 0.0821. The van der Waals surface area contributed by atoms with Gasteiger partial charge < -0.3 is 9.84 Å². The van der Waals surface area contributed by atoms with Crippen molar-refractivity contribution in [2.45, 2.75) is 57.5 Å². The van der Waals surface area contributed by atoms with E-state index in [1.165, 1.54) is 24.8 Å². The molecule has 1 unspecified atom stereocenters. The van der Waals surface area contributed by atoms with Gasteiger partial charge in [0.05, 0.1) is 12.7 Å². The lowest BCUT2D eigenvalue weighted by Crippen LogP contribution is -2.18. The summed E-state index contributed by atoms with van der Waals surface area (Å²) in [5.74, 6) is 1.31. The Bertz CT molecular complexity index is 504. The number of hydrogen-bond donors (Lipinski definition) is 1. The summed E-state index contributed by atoms with van der Waals surface area (Å²) in [5.41, 5.74) is 2.23. The molecule has 1 fully saturated rings. The fourth-order valence-electron chi connectivity index (χ4n) is 3.53. The van der Waals surface area contributed by atoms with Crippen molar-refractivity contribution in [2.75, 3.05) is 6.61 Å². The number of halogens is 1. The van der Waals surface area contributed by atoms with Crippen LogP contribution >= 0.6 is 15.9 Å². The van der Waals surface area contributed by atoms with Crippen molar-refractivity contribution in [2.24, 2.45) is 5.92 Å². The Morgan fingerprint density at radius 1 is 1.25 bits per heavy atom. The number of hydrogen-bond acceptors (Lipinski definition) is 2. The van der Waals surface area contributed by atoms with E-state index in [4.69, 9.17) is 4.74 Å². The molecule has 0 bridgehead atoms. The molecule has 1 saturated carbocycles. The molecule has 0 amide bonds. The van der Waals surface area contributed by atoms with Crippen molar-refractivity contribution >= 4 is 15.9 Å². The van der Waals surface area contributed by atoms with Crippen molar-refractivity contribution in [1.82, 2.24) is 0 Å². The number of rotatable bonds is 2. The van der Waals surface area contributed by atoms with E-state index in [0.717, 1.165) is 28.6 Å². The van der Waals surface area contributed by atoms with E-state index < -0.39 is 6.10 Å². The van der Waals surface area contributed by atoms with E-state index in [9.17, 15) is 5.11 Å². The fourth-order valence-corrected chi connectivity index (χ4v) is 4.01. The second-order valence-electron chi connectivity index (χ2n) is 6.89. The molecule has 2 nitrogen and oxygen atoms in total. The highest BCUT2D eigenvalue weighted by atomic mass is 79.9. The first-order chi connectivity index (χ1) is 9.49. The molecule has 1 aromatic rings. The summed E-state index contributed by atoms with van der Waals surface area (Å²) >= 11 is 3.59. The van der Waals surface area contributed by atoms with Gasteiger partial charge in [-0.2, -0.15) is 0 Å². The number of ether oxygens (including phenoxy) is 1. The quantitative estimate of drug-likeness (QED) is 0.844. The lowest BCUT2D eigenvalue weighted by Gasteiger charge is -2.28. The molecule has 1 heterocycles. The Labute approximate surface area is 129 Å². The summed E-state index contributed by atoms with van der Waals surface area (Å²) < 4.78 is 6.97. The lowest BCUT2D eigenvalue weighted by atomic mass is 9.80. The molecule has 2 aliphatic rings. The van der Waals surface area contributed by atoms with E-state index in [0.29, 0.717) is 12.5 Å². The smallest absolute Gasteiger partial charge is 0.129 e. The molecule has 3 rings (SSSR count). The van der Waals surface area contributed by atoms with Crippen LogP contribution in [0.3, 0.4) is 0 Å². The van der Waals surface area contributed by atoms with Crippen LogP contribution in [0.15, 0.2) is 16.6 Å². The van der Waals surface area contributed by atoms with Crippen LogP contribution in [0.4, 0.5) is 0 Å². The molecule has 3 heteroatoms. The van der Waals surface area contributed by atoms with Crippen molar-refractivity contribution in [3.8, 4) is 5.75 Å². The minimum Gasteiger partial charge on any atom is -0.492 e. The minimum absolute atomic E-state index is 0.0279. The van der Waals surface area contributed by atoms with E-state index >= 15 is 0 Å². The highest BCUT2D eigenvalue weighted by Crippen LogP contribution is 2.47. The average Bonchev–Trinajstić information content (AvgIpc) is 2.74. The zero-order chi connectivity index (χ0) is 14.3. The monoisotopic (exact) mass is 338 g/mol. The van der Waals surface area contributed by atoms with Gasteiger partial charge in [0.2, 0.25) is 0 Å². The van der Waals surface area contributed by atoms with E-state index in [2.05, 4.69) is 35.8 Å². The molecule has 1 aromatic carbocycles. The maximum atomic E-state index is 10.8. The molecule has 0 aromatic heterocycles. The molecule has 1 N–H and O–H groups in total. The summed E-state index contributed by atoms with van der Waals surface area (Å²) in [6.45, 7) is 5.09. The molecule has 1 aliphatic heterocycles. The molecule has 0 spiro atoms. The van der Waals surface area contributed by atoms with E-state index in [1.54, 1.807) is 0 Å². The van der Waals surface area contributed by atoms with Gasteiger partial charge in [-0.1, -0.05) is 49.0 Å². The Balaban J connectivity index is 1.97. The Hall–Kier alpha value is -0.540. The van der Waals surface area contributed by atoms with Crippen LogP contribution in [0.1, 0.15) is 63.2 Å². The topological polar surface area (TPSA) is 29.5 Å². The van der Waals surface area contributed by atoms with E-state index in [-0.39, 0.29) is 5.41 Å². The first-order valence-corrected chi connectivity index (χ1v) is 8.43. The van der Waals surface area contributed by atoms with Gasteiger partial charge in [-0.15, -0.1) is 0 Å². The zero-order valence-corrected chi connectivity index (χ0v) is 13.9. The SMILES string of the molecule is CC1(C)COc2c(C(O)C3CCCCC3)cc(Br)cc21. The van der Waals surface area contributed by atoms with Gasteiger partial charge in [-0.25, -0.2) is 0 Å². The number of aliphatic hydroxyl groups is 1. The van der Waals surface area contributed by atoms with Gasteiger partial charge in [-0.3, -0.25) is 0 Å². The predicted molar refractivity (Wildman–Crippen MR) is 84.2 cm³/mol. The first kappa shape index (κ1) is 14.4. The predicted octanol–water partition coefficient (Wildman–Crippen LogP) is 4.73. The van der Waals surface area contributed by atoms with Crippen LogP contribution in [0.2, 0.25) is 0 Å². The summed E-state index contributed by atoms with van der Waals surface area (Å²) in [7, 11) is 0. The van der Waals surface area contributed by atoms with Crippen molar-refractivity contribution < 1.29 is 9.84 Å².